The maximum absolute atomic E-state index is 12.1. The molecule has 1 unspecified atom stereocenters. The van der Waals surface area contributed by atoms with Gasteiger partial charge in [0.25, 0.3) is 5.91 Å². The number of anilines is 1. The van der Waals surface area contributed by atoms with Crippen molar-refractivity contribution in [3.63, 3.8) is 0 Å². The second-order valence-corrected chi connectivity index (χ2v) is 6.84. The van der Waals surface area contributed by atoms with E-state index < -0.39 is 5.91 Å². The predicted molar refractivity (Wildman–Crippen MR) is 112 cm³/mol. The van der Waals surface area contributed by atoms with Crippen LogP contribution in [0, 0.1) is 0 Å². The lowest BCUT2D eigenvalue weighted by atomic mass is 10.1. The second-order valence-electron chi connectivity index (χ2n) is 6.84. The number of hydrogen-bond donors (Lipinski definition) is 2. The van der Waals surface area contributed by atoms with Crippen molar-refractivity contribution >= 4 is 17.8 Å². The standard InChI is InChI=1S/C21H27N5O4/c1-3-29-17-8-4-5-9-18(17)30-16-7-6-10-26(14-16)21-24-11-15(12-25-21)20(28)23-13-19(27)22-2/h4-5,8-9,11-12,16H,3,6-7,10,13-14H2,1-2H3,(H,22,27)(H,23,28). The van der Waals surface area contributed by atoms with Gasteiger partial charge in [-0.3, -0.25) is 9.59 Å². The third-order valence-corrected chi connectivity index (χ3v) is 4.69. The van der Waals surface area contributed by atoms with Crippen LogP contribution < -0.4 is 25.0 Å². The van der Waals surface area contributed by atoms with Gasteiger partial charge < -0.3 is 25.0 Å². The molecule has 0 saturated carbocycles. The first-order valence-electron chi connectivity index (χ1n) is 10.0. The molecule has 1 saturated heterocycles. The Balaban J connectivity index is 1.60. The van der Waals surface area contributed by atoms with Crippen molar-refractivity contribution in [3.8, 4) is 11.5 Å². The van der Waals surface area contributed by atoms with E-state index in [-0.39, 0.29) is 18.6 Å². The molecule has 1 atom stereocenters. The van der Waals surface area contributed by atoms with Crippen LogP contribution in [0.4, 0.5) is 5.95 Å². The Morgan fingerprint density at radius 1 is 1.20 bits per heavy atom. The van der Waals surface area contributed by atoms with E-state index in [2.05, 4.69) is 20.6 Å². The highest BCUT2D eigenvalue weighted by molar-refractivity contribution is 5.95. The lowest BCUT2D eigenvalue weighted by molar-refractivity contribution is -0.119. The number of piperidine rings is 1. The molecule has 2 heterocycles. The number of rotatable bonds is 8. The van der Waals surface area contributed by atoms with Gasteiger partial charge in [0.1, 0.15) is 6.10 Å². The van der Waals surface area contributed by atoms with Crippen molar-refractivity contribution in [2.45, 2.75) is 25.9 Å². The lowest BCUT2D eigenvalue weighted by Crippen LogP contribution is -2.42. The molecule has 1 aromatic carbocycles. The number of nitrogens with zero attached hydrogens (tertiary/aromatic N) is 3. The number of carbonyl (C=O) groups is 2. The molecule has 30 heavy (non-hydrogen) atoms. The van der Waals surface area contributed by atoms with E-state index in [0.29, 0.717) is 24.7 Å². The van der Waals surface area contributed by atoms with Gasteiger partial charge in [0.2, 0.25) is 11.9 Å². The normalized spacial score (nSPS) is 15.9. The van der Waals surface area contributed by atoms with E-state index in [9.17, 15) is 9.59 Å². The molecule has 2 N–H and O–H groups in total. The Bertz CT molecular complexity index is 859. The maximum atomic E-state index is 12.1. The lowest BCUT2D eigenvalue weighted by Gasteiger charge is -2.33. The molecule has 1 fully saturated rings. The Kier molecular flexibility index (Phi) is 7.42. The summed E-state index contributed by atoms with van der Waals surface area (Å²) in [6.07, 6.45) is 4.79. The van der Waals surface area contributed by atoms with Crippen LogP contribution in [0.2, 0.25) is 0 Å². The van der Waals surface area contributed by atoms with Crippen molar-refractivity contribution in [1.29, 1.82) is 0 Å². The average Bonchev–Trinajstić information content (AvgIpc) is 2.79. The number of aromatic nitrogens is 2. The number of likely N-dealkylation sites (N-methyl/N-ethyl adjacent to an activating group) is 1. The van der Waals surface area contributed by atoms with E-state index in [1.165, 1.54) is 19.4 Å². The molecular formula is C21H27N5O4. The summed E-state index contributed by atoms with van der Waals surface area (Å²) >= 11 is 0. The number of carbonyl (C=O) groups excluding carboxylic acids is 2. The number of benzene rings is 1. The first-order valence-corrected chi connectivity index (χ1v) is 10.0. The Labute approximate surface area is 175 Å². The zero-order valence-corrected chi connectivity index (χ0v) is 17.3. The summed E-state index contributed by atoms with van der Waals surface area (Å²) < 4.78 is 11.8. The summed E-state index contributed by atoms with van der Waals surface area (Å²) in [7, 11) is 1.51. The molecule has 0 radical (unpaired) electrons. The van der Waals surface area contributed by atoms with Crippen LogP contribution in [-0.2, 0) is 4.79 Å². The van der Waals surface area contributed by atoms with Crippen LogP contribution in [0.5, 0.6) is 11.5 Å². The molecule has 9 heteroatoms. The maximum Gasteiger partial charge on any atom is 0.254 e. The van der Waals surface area contributed by atoms with Gasteiger partial charge in [-0.25, -0.2) is 9.97 Å². The summed E-state index contributed by atoms with van der Waals surface area (Å²) in [5, 5.41) is 4.97. The van der Waals surface area contributed by atoms with Crippen molar-refractivity contribution in [1.82, 2.24) is 20.6 Å². The van der Waals surface area contributed by atoms with Gasteiger partial charge in [0.05, 0.1) is 25.3 Å². The van der Waals surface area contributed by atoms with Gasteiger partial charge in [0.15, 0.2) is 11.5 Å². The summed E-state index contributed by atoms with van der Waals surface area (Å²) in [4.78, 5) is 34.0. The van der Waals surface area contributed by atoms with Crippen LogP contribution in [0.1, 0.15) is 30.1 Å². The molecule has 1 aliphatic rings. The Hall–Kier alpha value is -3.36. The molecule has 3 rings (SSSR count). The molecule has 1 aromatic heterocycles. The minimum absolute atomic E-state index is 0.0144. The van der Waals surface area contributed by atoms with Gasteiger partial charge in [-0.05, 0) is 31.9 Å². The van der Waals surface area contributed by atoms with Crippen LogP contribution in [-0.4, -0.2) is 61.2 Å². The molecule has 2 aromatic rings. The number of ether oxygens (including phenoxy) is 2. The molecule has 0 aliphatic carbocycles. The highest BCUT2D eigenvalue weighted by atomic mass is 16.5. The minimum Gasteiger partial charge on any atom is -0.490 e. The van der Waals surface area contributed by atoms with Crippen molar-refractivity contribution < 1.29 is 19.1 Å². The number of nitrogens with one attached hydrogen (secondary N) is 2. The average molecular weight is 413 g/mol. The zero-order chi connectivity index (χ0) is 21.3. The van der Waals surface area contributed by atoms with E-state index in [1.54, 1.807) is 0 Å². The van der Waals surface area contributed by atoms with Crippen LogP contribution in [0.3, 0.4) is 0 Å². The molecule has 9 nitrogen and oxygen atoms in total. The van der Waals surface area contributed by atoms with Crippen molar-refractivity contribution in [2.75, 3.05) is 38.2 Å². The summed E-state index contributed by atoms with van der Waals surface area (Å²) in [6, 6.07) is 7.66. The van der Waals surface area contributed by atoms with E-state index in [1.807, 2.05) is 36.1 Å². The minimum atomic E-state index is -0.391. The molecule has 160 valence electrons. The number of para-hydroxylation sites is 2. The first-order chi connectivity index (χ1) is 14.6. The number of hydrogen-bond acceptors (Lipinski definition) is 7. The number of amides is 2. The largest absolute Gasteiger partial charge is 0.490 e. The summed E-state index contributed by atoms with van der Waals surface area (Å²) in [5.74, 6) is 1.35. The van der Waals surface area contributed by atoms with Crippen molar-refractivity contribution in [3.05, 3.63) is 42.2 Å². The first kappa shape index (κ1) is 21.4. The van der Waals surface area contributed by atoms with Crippen LogP contribution in [0.25, 0.3) is 0 Å². The molecule has 0 bridgehead atoms. The van der Waals surface area contributed by atoms with Gasteiger partial charge >= 0.3 is 0 Å². The van der Waals surface area contributed by atoms with Crippen LogP contribution in [0.15, 0.2) is 36.7 Å². The second kappa shape index (κ2) is 10.4. The molecule has 0 spiro atoms. The Morgan fingerprint density at radius 3 is 2.63 bits per heavy atom. The van der Waals surface area contributed by atoms with Gasteiger partial charge in [-0.2, -0.15) is 0 Å². The van der Waals surface area contributed by atoms with Crippen molar-refractivity contribution in [2.24, 2.45) is 0 Å². The van der Waals surface area contributed by atoms with Gasteiger partial charge in [-0.15, -0.1) is 0 Å². The predicted octanol–water partition coefficient (Wildman–Crippen LogP) is 1.40. The quantitative estimate of drug-likeness (QED) is 0.674. The van der Waals surface area contributed by atoms with E-state index >= 15 is 0 Å². The molecular weight excluding hydrogens is 386 g/mol. The van der Waals surface area contributed by atoms with Gasteiger partial charge in [-0.1, -0.05) is 12.1 Å². The summed E-state index contributed by atoms with van der Waals surface area (Å²) in [5.41, 5.74) is 0.304. The summed E-state index contributed by atoms with van der Waals surface area (Å²) in [6.45, 7) is 3.89. The SMILES string of the molecule is CCOc1ccccc1OC1CCCN(c2ncc(C(=O)NCC(=O)NC)cn2)C1. The zero-order valence-electron chi connectivity index (χ0n) is 17.3. The van der Waals surface area contributed by atoms with Crippen LogP contribution >= 0.6 is 0 Å². The fourth-order valence-corrected chi connectivity index (χ4v) is 3.17. The monoisotopic (exact) mass is 413 g/mol. The van der Waals surface area contributed by atoms with E-state index in [0.717, 1.165) is 30.9 Å². The highest BCUT2D eigenvalue weighted by Crippen LogP contribution is 2.29. The van der Waals surface area contributed by atoms with Gasteiger partial charge in [0, 0.05) is 26.0 Å². The topological polar surface area (TPSA) is 106 Å². The third-order valence-electron chi connectivity index (χ3n) is 4.69. The molecule has 2 amide bonds. The fraction of sp³-hybridized carbons (Fsp3) is 0.429. The third kappa shape index (κ3) is 5.59. The highest BCUT2D eigenvalue weighted by Gasteiger charge is 2.24. The smallest absolute Gasteiger partial charge is 0.254 e. The molecule has 1 aliphatic heterocycles. The fourth-order valence-electron chi connectivity index (χ4n) is 3.17. The van der Waals surface area contributed by atoms with E-state index in [4.69, 9.17) is 9.47 Å². The Morgan fingerprint density at radius 2 is 1.93 bits per heavy atom.